The van der Waals surface area contributed by atoms with Crippen molar-refractivity contribution in [3.8, 4) is 5.75 Å². The number of thiophene rings is 1. The molecule has 3 heterocycles. The fourth-order valence-electron chi connectivity index (χ4n) is 3.86. The van der Waals surface area contributed by atoms with E-state index in [4.69, 9.17) is 16.2 Å². The lowest BCUT2D eigenvalue weighted by Gasteiger charge is -2.31. The van der Waals surface area contributed by atoms with Crippen LogP contribution in [0.25, 0.3) is 0 Å². The van der Waals surface area contributed by atoms with Crippen molar-refractivity contribution in [2.45, 2.75) is 31.5 Å². The van der Waals surface area contributed by atoms with Crippen molar-refractivity contribution >= 4 is 46.3 Å². The van der Waals surface area contributed by atoms with Crippen LogP contribution >= 0.6 is 22.9 Å². The van der Waals surface area contributed by atoms with Gasteiger partial charge in [-0.15, -0.1) is 11.3 Å². The maximum atomic E-state index is 13.8. The van der Waals surface area contributed by atoms with Crippen LogP contribution in [0.15, 0.2) is 41.8 Å². The summed E-state index contributed by atoms with van der Waals surface area (Å²) in [6.07, 6.45) is 1.68. The average Bonchev–Trinajstić information content (AvgIpc) is 3.60. The SMILES string of the molecule is NC(=O)c1nsc(C(=O)N(Cc2cccs2)C(C(=O)NCC2CCCO2)c2ccc(O)cc2)c1N. The van der Waals surface area contributed by atoms with Gasteiger partial charge in [-0.3, -0.25) is 14.4 Å². The Labute approximate surface area is 209 Å². The van der Waals surface area contributed by atoms with Crippen LogP contribution in [0, 0.1) is 0 Å². The third-order valence-corrected chi connectivity index (χ3v) is 7.33. The summed E-state index contributed by atoms with van der Waals surface area (Å²) in [4.78, 5) is 41.2. The molecule has 2 atom stereocenters. The van der Waals surface area contributed by atoms with Crippen LogP contribution in [0.3, 0.4) is 0 Å². The monoisotopic (exact) mass is 515 g/mol. The molecule has 0 aliphatic carbocycles. The van der Waals surface area contributed by atoms with Gasteiger partial charge in [-0.25, -0.2) is 0 Å². The highest BCUT2D eigenvalue weighted by Gasteiger charge is 2.35. The minimum Gasteiger partial charge on any atom is -0.508 e. The number of carbonyl (C=O) groups is 3. The van der Waals surface area contributed by atoms with Crippen molar-refractivity contribution in [3.63, 3.8) is 0 Å². The number of nitrogens with two attached hydrogens (primary N) is 2. The number of aromatic hydroxyl groups is 1. The number of hydrogen-bond donors (Lipinski definition) is 4. The quantitative estimate of drug-likeness (QED) is 0.340. The van der Waals surface area contributed by atoms with Crippen LogP contribution in [0.4, 0.5) is 5.69 Å². The van der Waals surface area contributed by atoms with Crippen molar-refractivity contribution in [1.82, 2.24) is 14.6 Å². The van der Waals surface area contributed by atoms with Crippen LogP contribution in [-0.4, -0.2) is 51.4 Å². The second-order valence-electron chi connectivity index (χ2n) is 8.02. The second kappa shape index (κ2) is 10.8. The first-order valence-corrected chi connectivity index (χ1v) is 12.6. The number of primary amides is 1. The Morgan fingerprint density at radius 2 is 2.03 bits per heavy atom. The first-order valence-electron chi connectivity index (χ1n) is 10.9. The Hall–Kier alpha value is -3.48. The Kier molecular flexibility index (Phi) is 7.63. The van der Waals surface area contributed by atoms with Gasteiger partial charge in [-0.1, -0.05) is 18.2 Å². The highest BCUT2D eigenvalue weighted by molar-refractivity contribution is 7.10. The molecule has 3 amide bonds. The molecule has 0 spiro atoms. The minimum atomic E-state index is -1.05. The number of nitrogen functional groups attached to an aromatic ring is 1. The molecule has 1 aliphatic heterocycles. The topological polar surface area (TPSA) is 161 Å². The molecule has 1 saturated heterocycles. The average molecular weight is 516 g/mol. The maximum Gasteiger partial charge on any atom is 0.270 e. The standard InChI is InChI=1S/C23H25N5O5S2/c24-17-18(21(25)30)27-35-20(17)23(32)28(12-16-4-2-10-34-16)19(13-5-7-14(29)8-6-13)22(31)26-11-15-3-1-9-33-15/h2,4-8,10,15,19,29H,1,3,9,11-12,24H2,(H2,25,30)(H,26,31). The summed E-state index contributed by atoms with van der Waals surface area (Å²) in [5, 5.41) is 14.6. The Morgan fingerprint density at radius 3 is 2.63 bits per heavy atom. The van der Waals surface area contributed by atoms with Gasteiger partial charge >= 0.3 is 0 Å². The molecule has 1 aromatic carbocycles. The number of aromatic nitrogens is 1. The predicted octanol–water partition coefficient (Wildman–Crippen LogP) is 2.27. The number of anilines is 1. The molecule has 0 saturated carbocycles. The molecule has 10 nitrogen and oxygen atoms in total. The summed E-state index contributed by atoms with van der Waals surface area (Å²) < 4.78 is 9.55. The number of benzene rings is 1. The minimum absolute atomic E-state index is 0.0195. The van der Waals surface area contributed by atoms with Crippen LogP contribution in [0.1, 0.15) is 49.5 Å². The normalized spacial score (nSPS) is 16.1. The van der Waals surface area contributed by atoms with Gasteiger partial charge in [0.05, 0.1) is 18.3 Å². The van der Waals surface area contributed by atoms with Gasteiger partial charge in [0, 0.05) is 18.0 Å². The molecule has 35 heavy (non-hydrogen) atoms. The number of phenolic OH excluding ortho intramolecular Hbond substituents is 1. The van der Waals surface area contributed by atoms with E-state index in [1.807, 2.05) is 17.5 Å². The number of hydrogen-bond acceptors (Lipinski definition) is 9. The van der Waals surface area contributed by atoms with Crippen LogP contribution in [0.5, 0.6) is 5.75 Å². The van der Waals surface area contributed by atoms with E-state index in [1.165, 1.54) is 28.4 Å². The Balaban J connectivity index is 1.72. The van der Waals surface area contributed by atoms with Crippen molar-refractivity contribution in [1.29, 1.82) is 0 Å². The lowest BCUT2D eigenvalue weighted by molar-refractivity contribution is -0.126. The Bertz CT molecular complexity index is 1190. The first-order chi connectivity index (χ1) is 16.8. The highest BCUT2D eigenvalue weighted by atomic mass is 32.1. The molecule has 12 heteroatoms. The van der Waals surface area contributed by atoms with E-state index in [-0.39, 0.29) is 34.7 Å². The molecule has 184 valence electrons. The zero-order valence-electron chi connectivity index (χ0n) is 18.7. The molecule has 2 unspecified atom stereocenters. The van der Waals surface area contributed by atoms with Gasteiger partial charge in [0.25, 0.3) is 11.8 Å². The van der Waals surface area contributed by atoms with Crippen molar-refractivity contribution in [2.24, 2.45) is 5.73 Å². The lowest BCUT2D eigenvalue weighted by Crippen LogP contribution is -2.45. The maximum absolute atomic E-state index is 13.8. The number of nitrogens with zero attached hydrogens (tertiary/aromatic N) is 2. The molecule has 0 bridgehead atoms. The van der Waals surface area contributed by atoms with Gasteiger partial charge in [0.15, 0.2) is 5.69 Å². The highest BCUT2D eigenvalue weighted by Crippen LogP contribution is 2.31. The number of carbonyl (C=O) groups excluding carboxylic acids is 3. The van der Waals surface area contributed by atoms with E-state index in [0.29, 0.717) is 18.7 Å². The summed E-state index contributed by atoms with van der Waals surface area (Å²) in [5.74, 6) is -1.78. The van der Waals surface area contributed by atoms with Gasteiger partial charge < -0.3 is 31.5 Å². The number of phenols is 1. The van der Waals surface area contributed by atoms with Crippen molar-refractivity contribution in [3.05, 3.63) is 62.8 Å². The molecule has 0 radical (unpaired) electrons. The zero-order chi connectivity index (χ0) is 24.9. The molecule has 3 aromatic rings. The van der Waals surface area contributed by atoms with Gasteiger partial charge in [-0.05, 0) is 53.5 Å². The third kappa shape index (κ3) is 5.61. The van der Waals surface area contributed by atoms with E-state index in [0.717, 1.165) is 29.3 Å². The van der Waals surface area contributed by atoms with Crippen LogP contribution < -0.4 is 16.8 Å². The van der Waals surface area contributed by atoms with E-state index in [9.17, 15) is 19.5 Å². The lowest BCUT2D eigenvalue weighted by atomic mass is 10.0. The van der Waals surface area contributed by atoms with E-state index in [1.54, 1.807) is 12.1 Å². The van der Waals surface area contributed by atoms with E-state index < -0.39 is 23.8 Å². The summed E-state index contributed by atoms with van der Waals surface area (Å²) in [6, 6.07) is 8.74. The van der Waals surface area contributed by atoms with Gasteiger partial charge in [0.1, 0.15) is 16.7 Å². The molecular weight excluding hydrogens is 490 g/mol. The van der Waals surface area contributed by atoms with Gasteiger partial charge in [0.2, 0.25) is 5.91 Å². The van der Waals surface area contributed by atoms with Crippen LogP contribution in [0.2, 0.25) is 0 Å². The zero-order valence-corrected chi connectivity index (χ0v) is 20.3. The second-order valence-corrected chi connectivity index (χ2v) is 9.83. The largest absolute Gasteiger partial charge is 0.508 e. The Morgan fingerprint density at radius 1 is 1.26 bits per heavy atom. The molecule has 4 rings (SSSR count). The van der Waals surface area contributed by atoms with Crippen molar-refractivity contribution < 1.29 is 24.2 Å². The first kappa shape index (κ1) is 24.6. The predicted molar refractivity (Wildman–Crippen MR) is 132 cm³/mol. The fraction of sp³-hybridized carbons (Fsp3) is 0.304. The van der Waals surface area contributed by atoms with E-state index in [2.05, 4.69) is 9.69 Å². The molecular formula is C23H25N5O5S2. The third-order valence-electron chi connectivity index (χ3n) is 5.62. The summed E-state index contributed by atoms with van der Waals surface area (Å²) >= 11 is 2.19. The van der Waals surface area contributed by atoms with Crippen molar-refractivity contribution in [2.75, 3.05) is 18.9 Å². The van der Waals surface area contributed by atoms with E-state index >= 15 is 0 Å². The number of amides is 3. The smallest absolute Gasteiger partial charge is 0.270 e. The number of nitrogens with one attached hydrogen (secondary N) is 1. The molecule has 1 fully saturated rings. The number of ether oxygens (including phenoxy) is 1. The molecule has 6 N–H and O–H groups in total. The summed E-state index contributed by atoms with van der Waals surface area (Å²) in [6.45, 7) is 1.07. The fourth-order valence-corrected chi connectivity index (χ4v) is 5.32. The number of rotatable bonds is 9. The van der Waals surface area contributed by atoms with Gasteiger partial charge in [-0.2, -0.15) is 4.37 Å². The molecule has 1 aliphatic rings. The summed E-state index contributed by atoms with van der Waals surface area (Å²) in [5.41, 5.74) is 11.6. The van der Waals surface area contributed by atoms with Crippen LogP contribution in [-0.2, 0) is 16.1 Å². The molecule has 2 aromatic heterocycles. The summed E-state index contributed by atoms with van der Waals surface area (Å²) in [7, 11) is 0.